The molecule has 0 saturated heterocycles. The van der Waals surface area contributed by atoms with Gasteiger partial charge in [-0.1, -0.05) is 30.3 Å². The fraction of sp³-hybridized carbons (Fsp3) is 0.263. The Bertz CT molecular complexity index is 778. The fourth-order valence-electron chi connectivity index (χ4n) is 2.11. The molecule has 0 aliphatic rings. The summed E-state index contributed by atoms with van der Waals surface area (Å²) >= 11 is 0. The Morgan fingerprint density at radius 2 is 1.76 bits per heavy atom. The van der Waals surface area contributed by atoms with Gasteiger partial charge in [-0.3, -0.25) is 0 Å². The molecule has 6 heteroatoms. The van der Waals surface area contributed by atoms with E-state index in [1.54, 1.807) is 20.8 Å². The predicted molar refractivity (Wildman–Crippen MR) is 93.8 cm³/mol. The second-order valence-corrected chi connectivity index (χ2v) is 6.52. The topological polar surface area (TPSA) is 98.9 Å². The van der Waals surface area contributed by atoms with Gasteiger partial charge >= 0.3 is 11.9 Å². The van der Waals surface area contributed by atoms with Crippen LogP contribution in [0.5, 0.6) is 5.75 Å². The molecular formula is C19H21NO5. The monoisotopic (exact) mass is 343 g/mol. The van der Waals surface area contributed by atoms with E-state index in [0.717, 1.165) is 5.56 Å². The summed E-state index contributed by atoms with van der Waals surface area (Å²) in [6.45, 7) is 5.38. The summed E-state index contributed by atoms with van der Waals surface area (Å²) < 4.78 is 10.9. The van der Waals surface area contributed by atoms with Gasteiger partial charge in [0.25, 0.3) is 0 Å². The molecule has 2 rings (SSSR count). The van der Waals surface area contributed by atoms with Crippen molar-refractivity contribution < 1.29 is 24.2 Å². The lowest BCUT2D eigenvalue weighted by Gasteiger charge is -2.20. The van der Waals surface area contributed by atoms with Crippen LogP contribution in [0.4, 0.5) is 5.69 Å². The van der Waals surface area contributed by atoms with Crippen LogP contribution in [0.3, 0.4) is 0 Å². The molecular weight excluding hydrogens is 322 g/mol. The van der Waals surface area contributed by atoms with Crippen LogP contribution in [-0.2, 0) is 11.3 Å². The molecule has 0 amide bonds. The number of ether oxygens (including phenoxy) is 2. The van der Waals surface area contributed by atoms with Crippen LogP contribution in [-0.4, -0.2) is 22.6 Å². The maximum absolute atomic E-state index is 12.3. The highest BCUT2D eigenvalue weighted by Crippen LogP contribution is 2.29. The molecule has 0 radical (unpaired) electrons. The minimum Gasteiger partial charge on any atom is -0.487 e. The lowest BCUT2D eigenvalue weighted by atomic mass is 10.1. The Labute approximate surface area is 146 Å². The summed E-state index contributed by atoms with van der Waals surface area (Å²) in [6, 6.07) is 11.9. The number of benzene rings is 2. The quantitative estimate of drug-likeness (QED) is 0.637. The Morgan fingerprint density at radius 3 is 2.32 bits per heavy atom. The molecule has 0 unspecified atom stereocenters. The molecule has 132 valence electrons. The predicted octanol–water partition coefficient (Wildman–Crippen LogP) is 3.50. The van der Waals surface area contributed by atoms with E-state index in [2.05, 4.69) is 0 Å². The van der Waals surface area contributed by atoms with Gasteiger partial charge in [0.1, 0.15) is 18.0 Å². The number of carbonyl (C=O) groups is 2. The van der Waals surface area contributed by atoms with Crippen molar-refractivity contribution in [3.63, 3.8) is 0 Å². The molecule has 0 atom stereocenters. The molecule has 0 fully saturated rings. The number of carboxylic acids is 1. The van der Waals surface area contributed by atoms with Gasteiger partial charge in [-0.2, -0.15) is 0 Å². The standard InChI is InChI=1S/C19H21NO5/c1-19(2,3)25-18(23)13-9-14(17(21)22)16(20)15(10-13)24-11-12-7-5-4-6-8-12/h4-10H,11,20H2,1-3H3,(H,21,22). The van der Waals surface area contributed by atoms with Crippen molar-refractivity contribution in [1.29, 1.82) is 0 Å². The first-order valence-corrected chi connectivity index (χ1v) is 7.74. The summed E-state index contributed by atoms with van der Waals surface area (Å²) in [5.41, 5.74) is 5.92. The van der Waals surface area contributed by atoms with Crippen LogP contribution in [0.1, 0.15) is 47.1 Å². The van der Waals surface area contributed by atoms with E-state index in [9.17, 15) is 14.7 Å². The van der Waals surface area contributed by atoms with Crippen molar-refractivity contribution in [1.82, 2.24) is 0 Å². The number of anilines is 1. The number of aromatic carboxylic acids is 1. The van der Waals surface area contributed by atoms with Crippen LogP contribution >= 0.6 is 0 Å². The first-order chi connectivity index (χ1) is 11.7. The fourth-order valence-corrected chi connectivity index (χ4v) is 2.11. The summed E-state index contributed by atoms with van der Waals surface area (Å²) in [4.78, 5) is 23.7. The van der Waals surface area contributed by atoms with E-state index in [1.165, 1.54) is 12.1 Å². The Morgan fingerprint density at radius 1 is 1.12 bits per heavy atom. The first-order valence-electron chi connectivity index (χ1n) is 7.74. The molecule has 0 spiro atoms. The van der Waals surface area contributed by atoms with E-state index in [-0.39, 0.29) is 29.2 Å². The first kappa shape index (κ1) is 18.3. The average molecular weight is 343 g/mol. The lowest BCUT2D eigenvalue weighted by Crippen LogP contribution is -2.24. The second kappa shape index (κ2) is 7.25. The highest BCUT2D eigenvalue weighted by molar-refractivity contribution is 6.00. The normalized spacial score (nSPS) is 11.0. The van der Waals surface area contributed by atoms with Crippen LogP contribution in [0, 0.1) is 0 Å². The summed E-state index contributed by atoms with van der Waals surface area (Å²) in [7, 11) is 0. The maximum Gasteiger partial charge on any atom is 0.338 e. The zero-order valence-electron chi connectivity index (χ0n) is 14.4. The molecule has 3 N–H and O–H groups in total. The van der Waals surface area contributed by atoms with E-state index in [0.29, 0.717) is 0 Å². The van der Waals surface area contributed by atoms with E-state index >= 15 is 0 Å². The van der Waals surface area contributed by atoms with Gasteiger partial charge in [0.2, 0.25) is 0 Å². The van der Waals surface area contributed by atoms with Crippen molar-refractivity contribution in [2.45, 2.75) is 33.0 Å². The molecule has 0 heterocycles. The lowest BCUT2D eigenvalue weighted by molar-refractivity contribution is 0.00691. The minimum absolute atomic E-state index is 0.0317. The summed E-state index contributed by atoms with van der Waals surface area (Å²) in [5.74, 6) is -1.75. The third-order valence-corrected chi connectivity index (χ3v) is 3.24. The van der Waals surface area contributed by atoms with Crippen molar-refractivity contribution in [2.75, 3.05) is 5.73 Å². The minimum atomic E-state index is -1.24. The number of rotatable bonds is 5. The molecule has 25 heavy (non-hydrogen) atoms. The summed E-state index contributed by atoms with van der Waals surface area (Å²) in [5, 5.41) is 9.33. The number of nitrogen functional groups attached to an aromatic ring is 1. The van der Waals surface area contributed by atoms with E-state index in [1.807, 2.05) is 30.3 Å². The average Bonchev–Trinajstić information content (AvgIpc) is 2.53. The zero-order valence-corrected chi connectivity index (χ0v) is 14.4. The van der Waals surface area contributed by atoms with Gasteiger partial charge in [-0.25, -0.2) is 9.59 Å². The molecule has 0 bridgehead atoms. The van der Waals surface area contributed by atoms with Crippen LogP contribution in [0.25, 0.3) is 0 Å². The number of carboxylic acid groups (broad SMARTS) is 1. The highest BCUT2D eigenvalue weighted by Gasteiger charge is 2.22. The Balaban J connectivity index is 2.34. The Hall–Kier alpha value is -3.02. The van der Waals surface area contributed by atoms with Gasteiger partial charge in [0.05, 0.1) is 16.8 Å². The van der Waals surface area contributed by atoms with Crippen molar-refractivity contribution >= 4 is 17.6 Å². The third kappa shape index (κ3) is 4.97. The van der Waals surface area contributed by atoms with Crippen molar-refractivity contribution in [3.05, 3.63) is 59.2 Å². The third-order valence-electron chi connectivity index (χ3n) is 3.24. The van der Waals surface area contributed by atoms with Gasteiger partial charge in [-0.05, 0) is 38.5 Å². The molecule has 0 aromatic heterocycles. The van der Waals surface area contributed by atoms with Crippen molar-refractivity contribution in [2.24, 2.45) is 0 Å². The van der Waals surface area contributed by atoms with Crippen LogP contribution in [0.2, 0.25) is 0 Å². The number of hydrogen-bond donors (Lipinski definition) is 2. The van der Waals surface area contributed by atoms with Crippen LogP contribution in [0.15, 0.2) is 42.5 Å². The highest BCUT2D eigenvalue weighted by atomic mass is 16.6. The van der Waals surface area contributed by atoms with E-state index in [4.69, 9.17) is 15.2 Å². The largest absolute Gasteiger partial charge is 0.487 e. The Kier molecular flexibility index (Phi) is 5.32. The number of nitrogens with two attached hydrogens (primary N) is 1. The molecule has 0 aliphatic carbocycles. The number of carbonyl (C=O) groups excluding carboxylic acids is 1. The second-order valence-electron chi connectivity index (χ2n) is 6.52. The molecule has 6 nitrogen and oxygen atoms in total. The van der Waals surface area contributed by atoms with Gasteiger partial charge in [0, 0.05) is 0 Å². The van der Waals surface area contributed by atoms with Gasteiger partial charge < -0.3 is 20.3 Å². The number of hydrogen-bond acceptors (Lipinski definition) is 5. The molecule has 2 aromatic carbocycles. The molecule has 2 aromatic rings. The molecule has 0 saturated carbocycles. The zero-order chi connectivity index (χ0) is 18.6. The SMILES string of the molecule is CC(C)(C)OC(=O)c1cc(OCc2ccccc2)c(N)c(C(=O)O)c1. The summed E-state index contributed by atoms with van der Waals surface area (Å²) in [6.07, 6.45) is 0. The van der Waals surface area contributed by atoms with Crippen LogP contribution < -0.4 is 10.5 Å². The van der Waals surface area contributed by atoms with Crippen molar-refractivity contribution in [3.8, 4) is 5.75 Å². The van der Waals surface area contributed by atoms with Gasteiger partial charge in [-0.15, -0.1) is 0 Å². The molecule has 0 aliphatic heterocycles. The number of esters is 1. The van der Waals surface area contributed by atoms with E-state index < -0.39 is 17.5 Å². The maximum atomic E-state index is 12.3. The van der Waals surface area contributed by atoms with Gasteiger partial charge in [0.15, 0.2) is 0 Å². The smallest absolute Gasteiger partial charge is 0.338 e.